The summed E-state index contributed by atoms with van der Waals surface area (Å²) in [5, 5.41) is 6.76. The lowest BCUT2D eigenvalue weighted by Crippen LogP contribution is -2.04. The molecule has 0 aliphatic heterocycles. The highest BCUT2D eigenvalue weighted by atomic mass is 15.1. The lowest BCUT2D eigenvalue weighted by atomic mass is 10.2. The van der Waals surface area contributed by atoms with Gasteiger partial charge in [-0.2, -0.15) is 5.10 Å². The maximum Gasteiger partial charge on any atom is 0.0594 e. The van der Waals surface area contributed by atoms with E-state index in [0.29, 0.717) is 0 Å². The first-order valence-corrected chi connectivity index (χ1v) is 2.97. The van der Waals surface area contributed by atoms with E-state index in [0.717, 1.165) is 11.4 Å². The van der Waals surface area contributed by atoms with E-state index >= 15 is 0 Å². The van der Waals surface area contributed by atoms with Crippen LogP contribution in [-0.2, 0) is 0 Å². The fraction of sp³-hybridized carbons (Fsp3) is 0.500. The van der Waals surface area contributed by atoms with Crippen molar-refractivity contribution < 1.29 is 0 Å². The van der Waals surface area contributed by atoms with E-state index in [1.165, 1.54) is 0 Å². The number of nitrogens with two attached hydrogens (primary N) is 1. The Morgan fingerprint density at radius 1 is 1.78 bits per heavy atom. The van der Waals surface area contributed by atoms with Gasteiger partial charge in [0.2, 0.25) is 0 Å². The predicted octanol–water partition coefficient (Wildman–Crippen LogP) is 0.738. The van der Waals surface area contributed by atoms with Crippen molar-refractivity contribution in [1.29, 1.82) is 0 Å². The van der Waals surface area contributed by atoms with Crippen LogP contribution >= 0.6 is 0 Å². The van der Waals surface area contributed by atoms with E-state index in [9.17, 15) is 0 Å². The van der Waals surface area contributed by atoms with E-state index in [2.05, 4.69) is 10.2 Å². The van der Waals surface area contributed by atoms with Crippen molar-refractivity contribution in [2.75, 3.05) is 0 Å². The minimum absolute atomic E-state index is 0.0613. The largest absolute Gasteiger partial charge is 0.323 e. The maximum absolute atomic E-state index is 5.56. The molecule has 0 saturated carbocycles. The summed E-state index contributed by atoms with van der Waals surface area (Å²) in [4.78, 5) is 0. The Bertz CT molecular complexity index is 190. The van der Waals surface area contributed by atoms with Gasteiger partial charge in [0.05, 0.1) is 11.4 Å². The Morgan fingerprint density at radius 2 is 2.44 bits per heavy atom. The summed E-state index contributed by atoms with van der Waals surface area (Å²) in [6.45, 7) is 3.86. The van der Waals surface area contributed by atoms with Gasteiger partial charge in [-0.1, -0.05) is 0 Å². The number of aryl methyl sites for hydroxylation is 1. The maximum atomic E-state index is 5.56. The fourth-order valence-electron chi connectivity index (χ4n) is 0.676. The van der Waals surface area contributed by atoms with Crippen molar-refractivity contribution >= 4 is 0 Å². The van der Waals surface area contributed by atoms with Crippen molar-refractivity contribution in [2.45, 2.75) is 19.9 Å². The molecule has 0 aliphatic rings. The average molecular weight is 125 g/mol. The molecule has 1 aromatic rings. The molecule has 3 N–H and O–H groups in total. The fourth-order valence-corrected chi connectivity index (χ4v) is 0.676. The zero-order chi connectivity index (χ0) is 6.85. The van der Waals surface area contributed by atoms with Crippen LogP contribution in [0, 0.1) is 6.92 Å². The minimum atomic E-state index is 0.0613. The van der Waals surface area contributed by atoms with Gasteiger partial charge in [0.25, 0.3) is 0 Å². The number of rotatable bonds is 1. The average Bonchev–Trinajstić information content (AvgIpc) is 2.14. The molecule has 3 nitrogen and oxygen atoms in total. The molecule has 9 heavy (non-hydrogen) atoms. The highest BCUT2D eigenvalue weighted by molar-refractivity contribution is 5.09. The number of aromatic amines is 1. The van der Waals surface area contributed by atoms with Gasteiger partial charge >= 0.3 is 0 Å². The third-order valence-corrected chi connectivity index (χ3v) is 1.22. The van der Waals surface area contributed by atoms with Crippen LogP contribution in [0.15, 0.2) is 6.07 Å². The number of hydrogen-bond acceptors (Lipinski definition) is 2. The molecule has 0 fully saturated rings. The van der Waals surface area contributed by atoms with Crippen molar-refractivity contribution in [2.24, 2.45) is 5.73 Å². The summed E-state index contributed by atoms with van der Waals surface area (Å²) in [5.41, 5.74) is 7.54. The molecule has 0 unspecified atom stereocenters. The number of nitrogens with one attached hydrogen (secondary N) is 1. The number of H-pyrrole nitrogens is 1. The van der Waals surface area contributed by atoms with Crippen LogP contribution in [0.25, 0.3) is 0 Å². The third-order valence-electron chi connectivity index (χ3n) is 1.22. The third kappa shape index (κ3) is 1.29. The topological polar surface area (TPSA) is 54.7 Å². The lowest BCUT2D eigenvalue weighted by molar-refractivity contribution is 0.772. The van der Waals surface area contributed by atoms with Crippen LogP contribution in [-0.4, -0.2) is 10.2 Å². The normalized spacial score (nSPS) is 13.7. The Labute approximate surface area is 54.3 Å². The SMILES string of the molecule is Cc1cc([C@@H](C)N)[nH]n1. The molecule has 0 radical (unpaired) electrons. The van der Waals surface area contributed by atoms with Gasteiger partial charge in [0.1, 0.15) is 0 Å². The molecular formula is C6H11N3. The molecule has 1 heterocycles. The second kappa shape index (κ2) is 2.19. The van der Waals surface area contributed by atoms with Gasteiger partial charge in [-0.05, 0) is 19.9 Å². The van der Waals surface area contributed by atoms with Gasteiger partial charge in [0.15, 0.2) is 0 Å². The van der Waals surface area contributed by atoms with Crippen LogP contribution < -0.4 is 5.73 Å². The summed E-state index contributed by atoms with van der Waals surface area (Å²) in [5.74, 6) is 0. The quantitative estimate of drug-likeness (QED) is 0.581. The summed E-state index contributed by atoms with van der Waals surface area (Å²) in [6, 6.07) is 2.01. The predicted molar refractivity (Wildman–Crippen MR) is 35.9 cm³/mol. The molecule has 0 aliphatic carbocycles. The molecular weight excluding hydrogens is 114 g/mol. The lowest BCUT2D eigenvalue weighted by Gasteiger charge is -1.96. The summed E-state index contributed by atoms with van der Waals surface area (Å²) < 4.78 is 0. The number of nitrogens with zero attached hydrogens (tertiary/aromatic N) is 1. The summed E-state index contributed by atoms with van der Waals surface area (Å²) in [6.07, 6.45) is 0. The molecule has 3 heteroatoms. The van der Waals surface area contributed by atoms with Gasteiger partial charge in [-0.25, -0.2) is 0 Å². The molecule has 50 valence electrons. The van der Waals surface area contributed by atoms with Gasteiger partial charge in [-0.3, -0.25) is 5.10 Å². The Balaban J connectivity index is 2.85. The number of aromatic nitrogens is 2. The second-order valence-electron chi connectivity index (χ2n) is 2.25. The smallest absolute Gasteiger partial charge is 0.0594 e. The highest BCUT2D eigenvalue weighted by Gasteiger charge is 1.99. The second-order valence-corrected chi connectivity index (χ2v) is 2.25. The van der Waals surface area contributed by atoms with Gasteiger partial charge < -0.3 is 5.73 Å². The first-order valence-electron chi connectivity index (χ1n) is 2.97. The van der Waals surface area contributed by atoms with Crippen molar-refractivity contribution in [1.82, 2.24) is 10.2 Å². The van der Waals surface area contributed by atoms with Crippen LogP contribution in [0.1, 0.15) is 24.4 Å². The van der Waals surface area contributed by atoms with E-state index in [4.69, 9.17) is 5.73 Å². The standard InChI is InChI=1S/C6H11N3/c1-4-3-6(5(2)7)9-8-4/h3,5H,7H2,1-2H3,(H,8,9)/t5-/m1/s1. The zero-order valence-corrected chi connectivity index (χ0v) is 5.68. The van der Waals surface area contributed by atoms with Crippen LogP contribution in [0.2, 0.25) is 0 Å². The Morgan fingerprint density at radius 3 is 2.67 bits per heavy atom. The molecule has 0 spiro atoms. The molecule has 0 aromatic carbocycles. The first-order chi connectivity index (χ1) is 4.20. The van der Waals surface area contributed by atoms with Crippen molar-refractivity contribution in [3.05, 3.63) is 17.5 Å². The van der Waals surface area contributed by atoms with Crippen LogP contribution in [0.4, 0.5) is 0 Å². The summed E-state index contributed by atoms with van der Waals surface area (Å²) >= 11 is 0. The molecule has 1 atom stereocenters. The van der Waals surface area contributed by atoms with Crippen molar-refractivity contribution in [3.63, 3.8) is 0 Å². The molecule has 0 amide bonds. The molecule has 1 rings (SSSR count). The monoisotopic (exact) mass is 125 g/mol. The molecule has 0 bridgehead atoms. The van der Waals surface area contributed by atoms with E-state index < -0.39 is 0 Å². The Kier molecular flexibility index (Phi) is 1.53. The van der Waals surface area contributed by atoms with E-state index in [-0.39, 0.29) is 6.04 Å². The zero-order valence-electron chi connectivity index (χ0n) is 5.68. The molecule has 1 aromatic heterocycles. The Hall–Kier alpha value is -0.830. The van der Waals surface area contributed by atoms with Crippen LogP contribution in [0.5, 0.6) is 0 Å². The number of hydrogen-bond donors (Lipinski definition) is 2. The summed E-state index contributed by atoms with van der Waals surface area (Å²) in [7, 11) is 0. The highest BCUT2D eigenvalue weighted by Crippen LogP contribution is 2.05. The first kappa shape index (κ1) is 6.29. The molecule has 0 saturated heterocycles. The van der Waals surface area contributed by atoms with Crippen LogP contribution in [0.3, 0.4) is 0 Å². The van der Waals surface area contributed by atoms with Gasteiger partial charge in [-0.15, -0.1) is 0 Å². The minimum Gasteiger partial charge on any atom is -0.323 e. The van der Waals surface area contributed by atoms with Crippen molar-refractivity contribution in [3.8, 4) is 0 Å². The van der Waals surface area contributed by atoms with E-state index in [1.54, 1.807) is 0 Å². The van der Waals surface area contributed by atoms with E-state index in [1.807, 2.05) is 19.9 Å². The van der Waals surface area contributed by atoms with Gasteiger partial charge in [0, 0.05) is 6.04 Å².